The maximum atomic E-state index is 12.3. The number of anilines is 1. The standard InChI is InChI=1S/C20H24N6O/c1-25-17-8-4-3-7-16(17)24-18(25)9-10-21-19(27)15-13-22-20(23-14-15)26-11-5-2-6-12-26/h3-4,7-8,13-14H,2,5-6,9-12H2,1H3,(H,21,27). The van der Waals surface area contributed by atoms with E-state index in [1.54, 1.807) is 12.4 Å². The number of aromatic nitrogens is 4. The number of hydrogen-bond donors (Lipinski definition) is 1. The summed E-state index contributed by atoms with van der Waals surface area (Å²) in [4.78, 5) is 27.9. The topological polar surface area (TPSA) is 75.9 Å². The number of piperidine rings is 1. The van der Waals surface area contributed by atoms with E-state index in [1.807, 2.05) is 31.3 Å². The van der Waals surface area contributed by atoms with E-state index in [0.29, 0.717) is 24.5 Å². The van der Waals surface area contributed by atoms with Crippen molar-refractivity contribution in [3.63, 3.8) is 0 Å². The van der Waals surface area contributed by atoms with Crippen molar-refractivity contribution >= 4 is 22.9 Å². The van der Waals surface area contributed by atoms with Crippen LogP contribution in [0.2, 0.25) is 0 Å². The molecule has 1 aliphatic rings. The van der Waals surface area contributed by atoms with Crippen LogP contribution in [0.5, 0.6) is 0 Å². The Hall–Kier alpha value is -2.96. The van der Waals surface area contributed by atoms with E-state index >= 15 is 0 Å². The van der Waals surface area contributed by atoms with Crippen LogP contribution in [0.15, 0.2) is 36.7 Å². The van der Waals surface area contributed by atoms with Gasteiger partial charge in [0.15, 0.2) is 0 Å². The second-order valence-electron chi connectivity index (χ2n) is 6.90. The molecule has 1 aliphatic heterocycles. The van der Waals surface area contributed by atoms with Gasteiger partial charge in [0.05, 0.1) is 16.6 Å². The van der Waals surface area contributed by atoms with Gasteiger partial charge in [-0.05, 0) is 31.4 Å². The van der Waals surface area contributed by atoms with Gasteiger partial charge >= 0.3 is 0 Å². The molecule has 0 atom stereocenters. The van der Waals surface area contributed by atoms with E-state index in [0.717, 1.165) is 29.9 Å². The van der Waals surface area contributed by atoms with Crippen LogP contribution in [0.25, 0.3) is 11.0 Å². The van der Waals surface area contributed by atoms with Crippen molar-refractivity contribution in [2.45, 2.75) is 25.7 Å². The zero-order valence-electron chi connectivity index (χ0n) is 15.6. The molecule has 1 saturated heterocycles. The molecule has 0 saturated carbocycles. The molecule has 0 aliphatic carbocycles. The van der Waals surface area contributed by atoms with E-state index in [1.165, 1.54) is 19.3 Å². The summed E-state index contributed by atoms with van der Waals surface area (Å²) < 4.78 is 2.07. The number of fused-ring (bicyclic) bond motifs is 1. The molecule has 27 heavy (non-hydrogen) atoms. The number of amides is 1. The summed E-state index contributed by atoms with van der Waals surface area (Å²) in [5.41, 5.74) is 2.56. The maximum absolute atomic E-state index is 12.3. The van der Waals surface area contributed by atoms with Gasteiger partial charge in [-0.3, -0.25) is 4.79 Å². The predicted molar refractivity (Wildman–Crippen MR) is 105 cm³/mol. The van der Waals surface area contributed by atoms with E-state index < -0.39 is 0 Å². The molecule has 7 nitrogen and oxygen atoms in total. The highest BCUT2D eigenvalue weighted by atomic mass is 16.1. The van der Waals surface area contributed by atoms with Crippen molar-refractivity contribution < 1.29 is 4.79 Å². The third-order valence-electron chi connectivity index (χ3n) is 5.05. The molecular formula is C20H24N6O. The number of carbonyl (C=O) groups excluding carboxylic acids is 1. The Bertz CT molecular complexity index is 927. The van der Waals surface area contributed by atoms with Crippen LogP contribution >= 0.6 is 0 Å². The summed E-state index contributed by atoms with van der Waals surface area (Å²) in [7, 11) is 2.00. The first-order chi connectivity index (χ1) is 13.2. The zero-order chi connectivity index (χ0) is 18.6. The first-order valence-corrected chi connectivity index (χ1v) is 9.48. The second-order valence-corrected chi connectivity index (χ2v) is 6.90. The molecule has 0 radical (unpaired) electrons. The highest BCUT2D eigenvalue weighted by Crippen LogP contribution is 2.15. The molecule has 3 heterocycles. The highest BCUT2D eigenvalue weighted by Gasteiger charge is 2.14. The van der Waals surface area contributed by atoms with E-state index in [9.17, 15) is 4.79 Å². The summed E-state index contributed by atoms with van der Waals surface area (Å²) in [5, 5.41) is 2.93. The molecule has 3 aromatic rings. The second kappa shape index (κ2) is 7.73. The van der Waals surface area contributed by atoms with Crippen molar-refractivity contribution in [3.8, 4) is 0 Å². The van der Waals surface area contributed by atoms with E-state index in [-0.39, 0.29) is 5.91 Å². The Labute approximate surface area is 158 Å². The van der Waals surface area contributed by atoms with Crippen LogP contribution < -0.4 is 10.2 Å². The van der Waals surface area contributed by atoms with E-state index in [4.69, 9.17) is 0 Å². The van der Waals surface area contributed by atoms with Gasteiger partial charge in [-0.1, -0.05) is 12.1 Å². The van der Waals surface area contributed by atoms with Crippen molar-refractivity contribution in [2.75, 3.05) is 24.5 Å². The fourth-order valence-corrected chi connectivity index (χ4v) is 3.50. The number of aryl methyl sites for hydroxylation is 1. The number of imidazole rings is 1. The van der Waals surface area contributed by atoms with Crippen LogP contribution in [-0.4, -0.2) is 45.1 Å². The Balaban J connectivity index is 1.34. The highest BCUT2D eigenvalue weighted by molar-refractivity contribution is 5.93. The maximum Gasteiger partial charge on any atom is 0.254 e. The summed E-state index contributed by atoms with van der Waals surface area (Å²) >= 11 is 0. The lowest BCUT2D eigenvalue weighted by atomic mass is 10.1. The smallest absolute Gasteiger partial charge is 0.254 e. The summed E-state index contributed by atoms with van der Waals surface area (Å²) in [5.74, 6) is 1.51. The minimum Gasteiger partial charge on any atom is -0.351 e. The Morgan fingerprint density at radius 1 is 1.11 bits per heavy atom. The molecule has 0 unspecified atom stereocenters. The molecule has 1 N–H and O–H groups in total. The predicted octanol–water partition coefficient (Wildman–Crippen LogP) is 2.33. The van der Waals surface area contributed by atoms with Gasteiger partial charge in [-0.2, -0.15) is 0 Å². The molecule has 140 valence electrons. The number of nitrogens with zero attached hydrogens (tertiary/aromatic N) is 5. The van der Waals surface area contributed by atoms with Gasteiger partial charge in [0.2, 0.25) is 5.95 Å². The average Bonchev–Trinajstić information content (AvgIpc) is 3.05. The minimum atomic E-state index is -0.154. The van der Waals surface area contributed by atoms with Crippen LogP contribution in [0.4, 0.5) is 5.95 Å². The summed E-state index contributed by atoms with van der Waals surface area (Å²) in [6.07, 6.45) is 7.51. The number of carbonyl (C=O) groups is 1. The first-order valence-electron chi connectivity index (χ1n) is 9.48. The lowest BCUT2D eigenvalue weighted by Crippen LogP contribution is -2.31. The van der Waals surface area contributed by atoms with E-state index in [2.05, 4.69) is 29.7 Å². The molecule has 0 bridgehead atoms. The largest absolute Gasteiger partial charge is 0.351 e. The zero-order valence-corrected chi connectivity index (χ0v) is 15.6. The van der Waals surface area contributed by atoms with Crippen molar-refractivity contribution in [3.05, 3.63) is 48.0 Å². The van der Waals surface area contributed by atoms with Gasteiger partial charge in [-0.15, -0.1) is 0 Å². The normalized spacial score (nSPS) is 14.5. The van der Waals surface area contributed by atoms with Crippen LogP contribution in [0, 0.1) is 0 Å². The molecule has 0 spiro atoms. The molecule has 7 heteroatoms. The quantitative estimate of drug-likeness (QED) is 0.752. The fraction of sp³-hybridized carbons (Fsp3) is 0.400. The van der Waals surface area contributed by atoms with Crippen LogP contribution in [0.1, 0.15) is 35.4 Å². The van der Waals surface area contributed by atoms with Gasteiger partial charge in [0, 0.05) is 45.5 Å². The molecule has 1 amide bonds. The Morgan fingerprint density at radius 3 is 2.59 bits per heavy atom. The SMILES string of the molecule is Cn1c(CCNC(=O)c2cnc(N3CCCCC3)nc2)nc2ccccc21. The van der Waals surface area contributed by atoms with Crippen molar-refractivity contribution in [1.29, 1.82) is 0 Å². The van der Waals surface area contributed by atoms with Gasteiger partial charge in [0.25, 0.3) is 5.91 Å². The minimum absolute atomic E-state index is 0.154. The van der Waals surface area contributed by atoms with Crippen molar-refractivity contribution in [1.82, 2.24) is 24.8 Å². The third-order valence-corrected chi connectivity index (χ3v) is 5.05. The lowest BCUT2D eigenvalue weighted by molar-refractivity contribution is 0.0953. The number of hydrogen-bond acceptors (Lipinski definition) is 5. The average molecular weight is 364 g/mol. The third kappa shape index (κ3) is 3.77. The number of rotatable bonds is 5. The van der Waals surface area contributed by atoms with Gasteiger partial charge < -0.3 is 14.8 Å². The fourth-order valence-electron chi connectivity index (χ4n) is 3.50. The molecule has 2 aromatic heterocycles. The van der Waals surface area contributed by atoms with Crippen LogP contribution in [-0.2, 0) is 13.5 Å². The van der Waals surface area contributed by atoms with Crippen molar-refractivity contribution in [2.24, 2.45) is 7.05 Å². The lowest BCUT2D eigenvalue weighted by Gasteiger charge is -2.26. The van der Waals surface area contributed by atoms with Gasteiger partial charge in [0.1, 0.15) is 5.82 Å². The monoisotopic (exact) mass is 364 g/mol. The van der Waals surface area contributed by atoms with Gasteiger partial charge in [-0.25, -0.2) is 15.0 Å². The molecule has 1 fully saturated rings. The Kier molecular flexibility index (Phi) is 5.00. The van der Waals surface area contributed by atoms with Crippen LogP contribution in [0.3, 0.4) is 0 Å². The molecular weight excluding hydrogens is 340 g/mol. The Morgan fingerprint density at radius 2 is 1.85 bits per heavy atom. The number of benzene rings is 1. The molecule has 4 rings (SSSR count). The number of para-hydroxylation sites is 2. The summed E-state index contributed by atoms with van der Waals surface area (Å²) in [6.45, 7) is 2.50. The first kappa shape index (κ1) is 17.5. The summed E-state index contributed by atoms with van der Waals surface area (Å²) in [6, 6.07) is 8.03. The number of nitrogens with one attached hydrogen (secondary N) is 1. The molecule has 1 aromatic carbocycles.